The molecular weight excluding hydrogens is 289 g/mol. The quantitative estimate of drug-likeness (QED) is 0.894. The Labute approximate surface area is 110 Å². The summed E-state index contributed by atoms with van der Waals surface area (Å²) < 4.78 is 0.741. The molecule has 0 fully saturated rings. The van der Waals surface area contributed by atoms with E-state index < -0.39 is 0 Å². The zero-order valence-electron chi connectivity index (χ0n) is 9.39. The van der Waals surface area contributed by atoms with Gasteiger partial charge in [0.2, 0.25) is 0 Å². The standard InChI is InChI=1S/C12H15BrClNO/c1-3-5-8(2)15-12(16)9-6-4-7-10(13)11(9)14/h4,6-8H,3,5H2,1-2H3,(H,15,16). The molecule has 0 saturated carbocycles. The van der Waals surface area contributed by atoms with Crippen molar-refractivity contribution in [2.45, 2.75) is 32.7 Å². The van der Waals surface area contributed by atoms with Gasteiger partial charge >= 0.3 is 0 Å². The lowest BCUT2D eigenvalue weighted by Gasteiger charge is -2.13. The lowest BCUT2D eigenvalue weighted by atomic mass is 10.1. The Hall–Kier alpha value is -0.540. The predicted molar refractivity (Wildman–Crippen MR) is 71.0 cm³/mol. The van der Waals surface area contributed by atoms with Crippen LogP contribution in [0, 0.1) is 0 Å². The molecule has 2 nitrogen and oxygen atoms in total. The van der Waals surface area contributed by atoms with Crippen LogP contribution in [0.15, 0.2) is 22.7 Å². The van der Waals surface area contributed by atoms with Crippen molar-refractivity contribution < 1.29 is 4.79 Å². The van der Waals surface area contributed by atoms with E-state index in [0.717, 1.165) is 17.3 Å². The number of halogens is 2. The highest BCUT2D eigenvalue weighted by Gasteiger charge is 2.13. The van der Waals surface area contributed by atoms with E-state index in [1.807, 2.05) is 13.0 Å². The Morgan fingerprint density at radius 3 is 2.88 bits per heavy atom. The Bertz CT molecular complexity index is 381. The van der Waals surface area contributed by atoms with Crippen molar-refractivity contribution in [2.75, 3.05) is 0 Å². The topological polar surface area (TPSA) is 29.1 Å². The molecule has 1 rings (SSSR count). The summed E-state index contributed by atoms with van der Waals surface area (Å²) in [6.45, 7) is 4.09. The van der Waals surface area contributed by atoms with Gasteiger partial charge in [0.25, 0.3) is 5.91 Å². The summed E-state index contributed by atoms with van der Waals surface area (Å²) in [6.07, 6.45) is 2.02. The van der Waals surface area contributed by atoms with Crippen molar-refractivity contribution in [3.8, 4) is 0 Å². The molecule has 1 N–H and O–H groups in total. The summed E-state index contributed by atoms with van der Waals surface area (Å²) in [5.41, 5.74) is 0.513. The van der Waals surface area contributed by atoms with Crippen LogP contribution in [0.1, 0.15) is 37.0 Å². The predicted octanol–water partition coefficient (Wildman–Crippen LogP) is 4.02. The Morgan fingerprint density at radius 2 is 2.25 bits per heavy atom. The van der Waals surface area contributed by atoms with Gasteiger partial charge in [0.15, 0.2) is 0 Å². The second-order valence-corrected chi connectivity index (χ2v) is 5.00. The van der Waals surface area contributed by atoms with Gasteiger partial charge in [0.1, 0.15) is 0 Å². The number of hydrogen-bond donors (Lipinski definition) is 1. The fraction of sp³-hybridized carbons (Fsp3) is 0.417. The van der Waals surface area contributed by atoms with Crippen LogP contribution < -0.4 is 5.32 Å². The van der Waals surface area contributed by atoms with E-state index in [4.69, 9.17) is 11.6 Å². The first-order valence-corrected chi connectivity index (χ1v) is 6.48. The molecule has 0 radical (unpaired) electrons. The second-order valence-electron chi connectivity index (χ2n) is 3.76. The normalized spacial score (nSPS) is 12.2. The van der Waals surface area contributed by atoms with E-state index in [2.05, 4.69) is 28.2 Å². The molecule has 4 heteroatoms. The van der Waals surface area contributed by atoms with Gasteiger partial charge in [-0.3, -0.25) is 4.79 Å². The molecule has 0 aliphatic heterocycles. The highest BCUT2D eigenvalue weighted by Crippen LogP contribution is 2.25. The highest BCUT2D eigenvalue weighted by molar-refractivity contribution is 9.10. The second kappa shape index (κ2) is 6.26. The van der Waals surface area contributed by atoms with Gasteiger partial charge in [-0.25, -0.2) is 0 Å². The Kier molecular flexibility index (Phi) is 5.29. The fourth-order valence-electron chi connectivity index (χ4n) is 1.49. The average molecular weight is 305 g/mol. The lowest BCUT2D eigenvalue weighted by molar-refractivity contribution is 0.0938. The summed E-state index contributed by atoms with van der Waals surface area (Å²) in [4.78, 5) is 11.9. The molecule has 0 aliphatic carbocycles. The third kappa shape index (κ3) is 3.49. The number of carbonyl (C=O) groups excluding carboxylic acids is 1. The molecule has 88 valence electrons. The smallest absolute Gasteiger partial charge is 0.253 e. The van der Waals surface area contributed by atoms with Gasteiger partial charge in [-0.15, -0.1) is 0 Å². The molecule has 1 unspecified atom stereocenters. The van der Waals surface area contributed by atoms with Gasteiger partial charge in [0.05, 0.1) is 10.6 Å². The molecule has 0 spiro atoms. The molecule has 1 aromatic rings. The maximum Gasteiger partial charge on any atom is 0.253 e. The number of rotatable bonds is 4. The van der Waals surface area contributed by atoms with Crippen molar-refractivity contribution in [2.24, 2.45) is 0 Å². The minimum Gasteiger partial charge on any atom is -0.350 e. The van der Waals surface area contributed by atoms with Gasteiger partial charge in [-0.2, -0.15) is 0 Å². The van der Waals surface area contributed by atoms with Crippen molar-refractivity contribution in [3.05, 3.63) is 33.3 Å². The summed E-state index contributed by atoms with van der Waals surface area (Å²) in [5.74, 6) is -0.118. The molecular formula is C12H15BrClNO. The van der Waals surface area contributed by atoms with Crippen molar-refractivity contribution in [1.29, 1.82) is 0 Å². The SMILES string of the molecule is CCCC(C)NC(=O)c1cccc(Br)c1Cl. The van der Waals surface area contributed by atoms with Crippen molar-refractivity contribution >= 4 is 33.4 Å². The van der Waals surface area contributed by atoms with Gasteiger partial charge < -0.3 is 5.32 Å². The van der Waals surface area contributed by atoms with Crippen LogP contribution in [0.2, 0.25) is 5.02 Å². The molecule has 0 heterocycles. The maximum absolute atomic E-state index is 11.9. The van der Waals surface area contributed by atoms with E-state index >= 15 is 0 Å². The number of benzene rings is 1. The number of carbonyl (C=O) groups is 1. The van der Waals surface area contributed by atoms with Crippen molar-refractivity contribution in [1.82, 2.24) is 5.32 Å². The molecule has 0 bridgehead atoms. The Balaban J connectivity index is 2.77. The largest absolute Gasteiger partial charge is 0.350 e. The first kappa shape index (κ1) is 13.5. The van der Waals surface area contributed by atoms with Crippen molar-refractivity contribution in [3.63, 3.8) is 0 Å². The van der Waals surface area contributed by atoms with Crippen LogP contribution >= 0.6 is 27.5 Å². The van der Waals surface area contributed by atoms with Crippen LogP contribution in [-0.2, 0) is 0 Å². The minimum absolute atomic E-state index is 0.118. The van der Waals surface area contributed by atoms with Gasteiger partial charge in [-0.05, 0) is 41.4 Å². The number of hydrogen-bond acceptors (Lipinski definition) is 1. The van der Waals surface area contributed by atoms with E-state index in [0.29, 0.717) is 10.6 Å². The van der Waals surface area contributed by atoms with Crippen LogP contribution in [0.5, 0.6) is 0 Å². The lowest BCUT2D eigenvalue weighted by Crippen LogP contribution is -2.32. The van der Waals surface area contributed by atoms with Crippen LogP contribution in [-0.4, -0.2) is 11.9 Å². The van der Waals surface area contributed by atoms with Crippen LogP contribution in [0.4, 0.5) is 0 Å². The number of amides is 1. The molecule has 0 aliphatic rings. The minimum atomic E-state index is -0.118. The third-order valence-electron chi connectivity index (χ3n) is 2.30. The molecule has 16 heavy (non-hydrogen) atoms. The Morgan fingerprint density at radius 1 is 1.56 bits per heavy atom. The summed E-state index contributed by atoms with van der Waals surface area (Å²) in [5, 5.41) is 3.38. The zero-order chi connectivity index (χ0) is 12.1. The van der Waals surface area contributed by atoms with E-state index in [-0.39, 0.29) is 11.9 Å². The first-order valence-electron chi connectivity index (χ1n) is 5.31. The van der Waals surface area contributed by atoms with E-state index in [9.17, 15) is 4.79 Å². The molecule has 1 amide bonds. The zero-order valence-corrected chi connectivity index (χ0v) is 11.7. The molecule has 1 atom stereocenters. The van der Waals surface area contributed by atoms with Gasteiger partial charge in [-0.1, -0.05) is 31.0 Å². The molecule has 0 aromatic heterocycles. The average Bonchev–Trinajstić information content (AvgIpc) is 2.22. The summed E-state index contributed by atoms with van der Waals surface area (Å²) in [7, 11) is 0. The molecule has 0 saturated heterocycles. The highest BCUT2D eigenvalue weighted by atomic mass is 79.9. The van der Waals surface area contributed by atoms with E-state index in [1.165, 1.54) is 0 Å². The molecule has 1 aromatic carbocycles. The maximum atomic E-state index is 11.9. The van der Waals surface area contributed by atoms with Crippen LogP contribution in [0.3, 0.4) is 0 Å². The van der Waals surface area contributed by atoms with Crippen LogP contribution in [0.25, 0.3) is 0 Å². The number of nitrogens with one attached hydrogen (secondary N) is 1. The third-order valence-corrected chi connectivity index (χ3v) is 3.59. The van der Waals surface area contributed by atoms with Gasteiger partial charge in [0, 0.05) is 10.5 Å². The fourth-order valence-corrected chi connectivity index (χ4v) is 2.06. The summed E-state index contributed by atoms with van der Waals surface area (Å²) >= 11 is 9.34. The summed E-state index contributed by atoms with van der Waals surface area (Å²) in [6, 6.07) is 5.51. The monoisotopic (exact) mass is 303 g/mol. The first-order chi connectivity index (χ1) is 7.56. The van der Waals surface area contributed by atoms with E-state index in [1.54, 1.807) is 12.1 Å².